The maximum atomic E-state index is 14.3. The molecule has 3 N–H and O–H groups in total. The molecule has 25 heavy (non-hydrogen) atoms. The average Bonchev–Trinajstić information content (AvgIpc) is 3.24. The molecule has 0 amide bonds. The first-order valence-corrected chi connectivity index (χ1v) is 7.28. The lowest BCUT2D eigenvalue weighted by Gasteiger charge is -2.08. The van der Waals surface area contributed by atoms with E-state index in [1.807, 2.05) is 0 Å². The number of hydrogen-bond donors (Lipinski definition) is 3. The van der Waals surface area contributed by atoms with E-state index >= 15 is 0 Å². The zero-order valence-electron chi connectivity index (χ0n) is 12.6. The van der Waals surface area contributed by atoms with Crippen molar-refractivity contribution in [2.45, 2.75) is 6.54 Å². The summed E-state index contributed by atoms with van der Waals surface area (Å²) >= 11 is 0. The van der Waals surface area contributed by atoms with Crippen LogP contribution in [0.4, 0.5) is 14.5 Å². The number of tetrazole rings is 1. The van der Waals surface area contributed by atoms with Crippen LogP contribution < -0.4 is 5.32 Å². The molecule has 4 rings (SSSR count). The number of benzene rings is 2. The van der Waals surface area contributed by atoms with Crippen molar-refractivity contribution in [2.75, 3.05) is 5.32 Å². The van der Waals surface area contributed by atoms with E-state index in [1.54, 1.807) is 12.1 Å². The molecule has 126 valence electrons. The molecule has 2 aromatic heterocycles. The summed E-state index contributed by atoms with van der Waals surface area (Å²) < 4.78 is 33.2. The molecule has 9 heteroatoms. The molecule has 0 saturated carbocycles. The van der Waals surface area contributed by atoms with Crippen molar-refractivity contribution in [2.24, 2.45) is 0 Å². The van der Waals surface area contributed by atoms with Gasteiger partial charge in [-0.3, -0.25) is 0 Å². The van der Waals surface area contributed by atoms with E-state index in [0.717, 1.165) is 6.07 Å². The predicted molar refractivity (Wildman–Crippen MR) is 84.7 cm³/mol. The van der Waals surface area contributed by atoms with Crippen molar-refractivity contribution >= 4 is 16.7 Å². The topological polar surface area (TPSA) is 99.9 Å². The Morgan fingerprint density at radius 1 is 1.12 bits per heavy atom. The Kier molecular flexibility index (Phi) is 3.53. The number of nitrogens with one attached hydrogen (secondary N) is 2. The van der Waals surface area contributed by atoms with Crippen LogP contribution in [0.2, 0.25) is 0 Å². The van der Waals surface area contributed by atoms with Crippen molar-refractivity contribution in [3.8, 4) is 17.3 Å². The highest BCUT2D eigenvalue weighted by atomic mass is 19.1. The van der Waals surface area contributed by atoms with Gasteiger partial charge in [-0.2, -0.15) is 0 Å². The second-order valence-corrected chi connectivity index (χ2v) is 5.36. The molecule has 0 radical (unpaired) electrons. The van der Waals surface area contributed by atoms with Crippen LogP contribution in [0.5, 0.6) is 5.75 Å². The van der Waals surface area contributed by atoms with Gasteiger partial charge in [0.1, 0.15) is 11.4 Å². The van der Waals surface area contributed by atoms with Crippen molar-refractivity contribution in [3.05, 3.63) is 53.6 Å². The van der Waals surface area contributed by atoms with Gasteiger partial charge in [0.05, 0.1) is 0 Å². The van der Waals surface area contributed by atoms with Gasteiger partial charge in [-0.05, 0) is 40.8 Å². The highest BCUT2D eigenvalue weighted by molar-refractivity contribution is 5.82. The Balaban J connectivity index is 1.60. The highest BCUT2D eigenvalue weighted by Crippen LogP contribution is 2.28. The molecule has 4 aromatic rings. The van der Waals surface area contributed by atoms with Crippen LogP contribution in [0.3, 0.4) is 0 Å². The maximum absolute atomic E-state index is 14.3. The minimum Gasteiger partial charge on any atom is -0.505 e. The van der Waals surface area contributed by atoms with Gasteiger partial charge in [0, 0.05) is 29.2 Å². The number of hydrogen-bond acceptors (Lipinski definition) is 6. The van der Waals surface area contributed by atoms with Gasteiger partial charge in [-0.1, -0.05) is 0 Å². The van der Waals surface area contributed by atoms with Gasteiger partial charge in [0.2, 0.25) is 5.82 Å². The van der Waals surface area contributed by atoms with E-state index in [0.29, 0.717) is 33.8 Å². The lowest BCUT2D eigenvalue weighted by atomic mass is 10.1. The third-order valence-electron chi connectivity index (χ3n) is 3.69. The number of aromatic hydroxyl groups is 1. The molecule has 7 nitrogen and oxygen atoms in total. The van der Waals surface area contributed by atoms with Crippen molar-refractivity contribution in [1.29, 1.82) is 0 Å². The van der Waals surface area contributed by atoms with Crippen molar-refractivity contribution in [1.82, 2.24) is 20.6 Å². The van der Waals surface area contributed by atoms with Crippen molar-refractivity contribution in [3.63, 3.8) is 0 Å². The summed E-state index contributed by atoms with van der Waals surface area (Å²) in [4.78, 5) is 0. The second kappa shape index (κ2) is 5.86. The third kappa shape index (κ3) is 2.87. The summed E-state index contributed by atoms with van der Waals surface area (Å²) in [5.41, 5.74) is 1.24. The van der Waals surface area contributed by atoms with Gasteiger partial charge in [0.25, 0.3) is 0 Å². The number of aromatic nitrogens is 4. The number of rotatable bonds is 4. The van der Waals surface area contributed by atoms with E-state index in [2.05, 4.69) is 25.9 Å². The Morgan fingerprint density at radius 2 is 2.00 bits per heavy atom. The lowest BCUT2D eigenvalue weighted by Crippen LogP contribution is -2.02. The van der Waals surface area contributed by atoms with E-state index in [1.165, 1.54) is 18.2 Å². The Bertz CT molecular complexity index is 1050. The molecule has 0 bridgehead atoms. The summed E-state index contributed by atoms with van der Waals surface area (Å²) in [5, 5.41) is 25.9. The summed E-state index contributed by atoms with van der Waals surface area (Å²) in [6, 6.07) is 8.39. The Labute approximate surface area is 139 Å². The lowest BCUT2D eigenvalue weighted by molar-refractivity contribution is 0.432. The minimum atomic E-state index is -0.753. The fourth-order valence-electron chi connectivity index (χ4n) is 2.43. The minimum absolute atomic E-state index is 0.117. The number of phenolic OH excluding ortho intramolecular Hbond substituents is 1. The highest BCUT2D eigenvalue weighted by Gasteiger charge is 2.13. The molecule has 0 aliphatic heterocycles. The normalized spacial score (nSPS) is 11.1. The van der Waals surface area contributed by atoms with E-state index in [9.17, 15) is 13.9 Å². The molecule has 0 atom stereocenters. The van der Waals surface area contributed by atoms with Crippen LogP contribution in [0.1, 0.15) is 5.56 Å². The zero-order valence-corrected chi connectivity index (χ0v) is 12.6. The van der Waals surface area contributed by atoms with E-state index in [4.69, 9.17) is 4.42 Å². The van der Waals surface area contributed by atoms with Crippen molar-refractivity contribution < 1.29 is 18.3 Å². The Hall–Kier alpha value is -3.49. The molecule has 0 aliphatic carbocycles. The summed E-state index contributed by atoms with van der Waals surface area (Å²) in [6.45, 7) is 0.117. The number of phenols is 1. The zero-order chi connectivity index (χ0) is 17.4. The molecule has 0 spiro atoms. The first-order chi connectivity index (χ1) is 12.1. The van der Waals surface area contributed by atoms with Gasteiger partial charge < -0.3 is 14.8 Å². The number of fused-ring (bicyclic) bond motifs is 1. The van der Waals surface area contributed by atoms with Crippen LogP contribution in [-0.4, -0.2) is 25.7 Å². The van der Waals surface area contributed by atoms with Crippen LogP contribution in [0.15, 0.2) is 40.8 Å². The molecular weight excluding hydrogens is 332 g/mol. The summed E-state index contributed by atoms with van der Waals surface area (Å²) in [7, 11) is 0. The van der Waals surface area contributed by atoms with Gasteiger partial charge in [0.15, 0.2) is 17.3 Å². The molecule has 0 fully saturated rings. The number of furan rings is 1. The van der Waals surface area contributed by atoms with Gasteiger partial charge >= 0.3 is 0 Å². The average molecular weight is 343 g/mol. The number of nitrogens with zero attached hydrogens (tertiary/aromatic N) is 3. The molecule has 2 heterocycles. The van der Waals surface area contributed by atoms with E-state index < -0.39 is 17.4 Å². The largest absolute Gasteiger partial charge is 0.505 e. The molecule has 0 aliphatic rings. The monoisotopic (exact) mass is 343 g/mol. The number of anilines is 1. The second-order valence-electron chi connectivity index (χ2n) is 5.36. The van der Waals surface area contributed by atoms with Crippen LogP contribution >= 0.6 is 0 Å². The van der Waals surface area contributed by atoms with Gasteiger partial charge in [-0.15, -0.1) is 5.10 Å². The van der Waals surface area contributed by atoms with E-state index in [-0.39, 0.29) is 6.54 Å². The smallest absolute Gasteiger partial charge is 0.215 e. The number of halogens is 2. The van der Waals surface area contributed by atoms with Crippen LogP contribution in [0.25, 0.3) is 22.6 Å². The molecule has 0 unspecified atom stereocenters. The standard InChI is InChI=1S/C16H11F2N5O2/c17-11-3-8-4-15(16-20-22-23-21-16)25-14(8)5-9(11)7-19-10-1-2-13(24)12(18)6-10/h1-6,19,24H,7H2,(H,20,21,22,23). The quantitative estimate of drug-likeness (QED) is 0.492. The summed E-state index contributed by atoms with van der Waals surface area (Å²) in [6.07, 6.45) is 0. The first kappa shape index (κ1) is 15.1. The van der Waals surface area contributed by atoms with Gasteiger partial charge in [-0.25, -0.2) is 13.9 Å². The fraction of sp³-hybridized carbons (Fsp3) is 0.0625. The fourth-order valence-corrected chi connectivity index (χ4v) is 2.43. The maximum Gasteiger partial charge on any atom is 0.215 e. The third-order valence-corrected chi connectivity index (χ3v) is 3.69. The first-order valence-electron chi connectivity index (χ1n) is 7.28. The van der Waals surface area contributed by atoms with Crippen LogP contribution in [0, 0.1) is 11.6 Å². The molecule has 2 aromatic carbocycles. The van der Waals surface area contributed by atoms with Crippen LogP contribution in [-0.2, 0) is 6.54 Å². The molecular formula is C16H11F2N5O2. The number of aromatic amines is 1. The SMILES string of the molecule is Oc1ccc(NCc2cc3oc(-c4nnn[nH]4)cc3cc2F)cc1F. The Morgan fingerprint density at radius 3 is 2.76 bits per heavy atom. The molecule has 0 saturated heterocycles. The summed E-state index contributed by atoms with van der Waals surface area (Å²) in [5.74, 6) is -0.885. The number of H-pyrrole nitrogens is 1. The predicted octanol–water partition coefficient (Wildman–Crippen LogP) is 3.21.